The van der Waals surface area contributed by atoms with Gasteiger partial charge < -0.3 is 5.73 Å². The van der Waals surface area contributed by atoms with Gasteiger partial charge >= 0.3 is 0 Å². The fraction of sp³-hybridized carbons (Fsp3) is 0.444. The monoisotopic (exact) mass is 216 g/mol. The summed E-state index contributed by atoms with van der Waals surface area (Å²) >= 11 is 10.1. The van der Waals surface area contributed by atoms with Crippen LogP contribution in [0.25, 0.3) is 0 Å². The molecule has 2 nitrogen and oxygen atoms in total. The Hall–Kier alpha value is -0.250. The van der Waals surface area contributed by atoms with Gasteiger partial charge in [-0.3, -0.25) is 0 Å². The Morgan fingerprint density at radius 2 is 2.31 bits per heavy atom. The molecule has 0 radical (unpaired) electrons. The lowest BCUT2D eigenvalue weighted by molar-refractivity contribution is 0.765. The summed E-state index contributed by atoms with van der Waals surface area (Å²) in [7, 11) is 0. The van der Waals surface area contributed by atoms with Gasteiger partial charge in [-0.2, -0.15) is 12.6 Å². The molecular weight excluding hydrogens is 204 g/mol. The molecule has 1 aromatic rings. The van der Waals surface area contributed by atoms with Gasteiger partial charge in [0.25, 0.3) is 0 Å². The summed E-state index contributed by atoms with van der Waals surface area (Å²) < 4.78 is 0. The van der Waals surface area contributed by atoms with E-state index in [-0.39, 0.29) is 0 Å². The van der Waals surface area contributed by atoms with E-state index in [4.69, 9.17) is 17.3 Å². The fourth-order valence-electron chi connectivity index (χ4n) is 1.09. The lowest BCUT2D eigenvalue weighted by Gasteiger charge is -2.08. The maximum Gasteiger partial charge on any atom is 0.129 e. The van der Waals surface area contributed by atoms with Crippen molar-refractivity contribution < 1.29 is 0 Å². The molecule has 1 aromatic heterocycles. The molecule has 0 aliphatic carbocycles. The number of halogens is 1. The van der Waals surface area contributed by atoms with E-state index in [0.717, 1.165) is 18.4 Å². The van der Waals surface area contributed by atoms with Gasteiger partial charge in [0.2, 0.25) is 0 Å². The second-order valence-electron chi connectivity index (χ2n) is 2.92. The smallest absolute Gasteiger partial charge is 0.129 e. The molecule has 13 heavy (non-hydrogen) atoms. The van der Waals surface area contributed by atoms with Crippen LogP contribution in [0, 0.1) is 0 Å². The van der Waals surface area contributed by atoms with Gasteiger partial charge in [-0.15, -0.1) is 0 Å². The zero-order valence-electron chi connectivity index (χ0n) is 7.28. The lowest BCUT2D eigenvalue weighted by Crippen LogP contribution is -2.10. The molecule has 0 amide bonds. The fourth-order valence-corrected chi connectivity index (χ4v) is 1.57. The van der Waals surface area contributed by atoms with Gasteiger partial charge in [0.05, 0.1) is 0 Å². The molecule has 1 rings (SSSR count). The van der Waals surface area contributed by atoms with E-state index in [9.17, 15) is 0 Å². The highest BCUT2D eigenvalue weighted by Crippen LogP contribution is 2.11. The predicted octanol–water partition coefficient (Wildman–Crippen LogP) is 1.92. The average molecular weight is 217 g/mol. The first kappa shape index (κ1) is 10.8. The Morgan fingerprint density at radius 1 is 1.54 bits per heavy atom. The molecule has 4 heteroatoms. The minimum Gasteiger partial charge on any atom is -0.330 e. The first-order chi connectivity index (χ1) is 6.22. The summed E-state index contributed by atoms with van der Waals surface area (Å²) in [5, 5.41) is 0.839. The van der Waals surface area contributed by atoms with E-state index in [1.807, 2.05) is 6.07 Å². The summed E-state index contributed by atoms with van der Waals surface area (Å²) in [6.07, 6.45) is 3.60. The third kappa shape index (κ3) is 3.98. The molecule has 0 aliphatic rings. The predicted molar refractivity (Wildman–Crippen MR) is 59.4 cm³/mol. The molecule has 0 saturated carbocycles. The van der Waals surface area contributed by atoms with E-state index < -0.39 is 0 Å². The molecule has 1 atom stereocenters. The maximum absolute atomic E-state index is 5.66. The van der Waals surface area contributed by atoms with Gasteiger partial charge in [-0.25, -0.2) is 4.98 Å². The third-order valence-electron chi connectivity index (χ3n) is 1.76. The highest BCUT2D eigenvalue weighted by Gasteiger charge is 2.03. The third-order valence-corrected chi connectivity index (χ3v) is 2.42. The van der Waals surface area contributed by atoms with Crippen LogP contribution in [0.3, 0.4) is 0 Å². The molecule has 1 unspecified atom stereocenters. The minimum atomic E-state index is 0.313. The van der Waals surface area contributed by atoms with Crippen molar-refractivity contribution in [1.82, 2.24) is 4.98 Å². The van der Waals surface area contributed by atoms with E-state index in [2.05, 4.69) is 17.6 Å². The van der Waals surface area contributed by atoms with Crippen molar-refractivity contribution in [3.63, 3.8) is 0 Å². The van der Waals surface area contributed by atoms with Crippen molar-refractivity contribution in [2.24, 2.45) is 5.73 Å². The average Bonchev–Trinajstić information content (AvgIpc) is 2.09. The number of thiol groups is 1. The Bertz CT molecular complexity index is 250. The van der Waals surface area contributed by atoms with E-state index in [1.54, 1.807) is 12.3 Å². The number of rotatable bonds is 4. The van der Waals surface area contributed by atoms with E-state index in [0.29, 0.717) is 16.9 Å². The molecular formula is C9H13ClN2S. The highest BCUT2D eigenvalue weighted by atomic mass is 35.5. The van der Waals surface area contributed by atoms with Gasteiger partial charge in [0, 0.05) is 11.4 Å². The Morgan fingerprint density at radius 3 is 2.85 bits per heavy atom. The Labute approximate surface area is 88.9 Å². The molecule has 0 aliphatic heterocycles. The molecule has 0 spiro atoms. The minimum absolute atomic E-state index is 0.313. The largest absolute Gasteiger partial charge is 0.330 e. The van der Waals surface area contributed by atoms with Crippen LogP contribution in [-0.4, -0.2) is 16.8 Å². The summed E-state index contributed by atoms with van der Waals surface area (Å²) in [5.41, 5.74) is 6.57. The lowest BCUT2D eigenvalue weighted by atomic mass is 10.1. The van der Waals surface area contributed by atoms with Crippen molar-refractivity contribution >= 4 is 24.2 Å². The van der Waals surface area contributed by atoms with Crippen molar-refractivity contribution in [3.05, 3.63) is 29.0 Å². The maximum atomic E-state index is 5.66. The van der Waals surface area contributed by atoms with Crippen molar-refractivity contribution in [3.8, 4) is 0 Å². The molecule has 1 heterocycles. The number of nitrogens with zero attached hydrogens (tertiary/aromatic N) is 1. The zero-order valence-corrected chi connectivity index (χ0v) is 8.93. The van der Waals surface area contributed by atoms with Gasteiger partial charge in [0.1, 0.15) is 5.15 Å². The van der Waals surface area contributed by atoms with Crippen molar-refractivity contribution in [2.75, 3.05) is 6.54 Å². The summed E-state index contributed by atoms with van der Waals surface area (Å²) in [6.45, 7) is 0.676. The number of hydrogen-bond donors (Lipinski definition) is 2. The van der Waals surface area contributed by atoms with Crippen LogP contribution >= 0.6 is 24.2 Å². The molecule has 0 saturated heterocycles. The second-order valence-corrected chi connectivity index (χ2v) is 4.04. The molecule has 0 bridgehead atoms. The summed E-state index contributed by atoms with van der Waals surface area (Å²) in [5.74, 6) is 0. The number of pyridine rings is 1. The SMILES string of the molecule is NCCC(S)Cc1ccc(Cl)nc1. The Balaban J connectivity index is 2.49. The first-order valence-corrected chi connectivity index (χ1v) is 5.10. The number of nitrogens with two attached hydrogens (primary N) is 1. The molecule has 0 fully saturated rings. The van der Waals surface area contributed by atoms with Gasteiger partial charge in [-0.05, 0) is 31.0 Å². The normalized spacial score (nSPS) is 12.8. The summed E-state index contributed by atoms with van der Waals surface area (Å²) in [4.78, 5) is 3.99. The quantitative estimate of drug-likeness (QED) is 0.597. The van der Waals surface area contributed by atoms with Gasteiger partial charge in [0.15, 0.2) is 0 Å². The van der Waals surface area contributed by atoms with Crippen LogP contribution in [0.5, 0.6) is 0 Å². The molecule has 0 aromatic carbocycles. The van der Waals surface area contributed by atoms with Crippen molar-refractivity contribution in [1.29, 1.82) is 0 Å². The summed E-state index contributed by atoms with van der Waals surface area (Å²) in [6, 6.07) is 3.76. The van der Waals surface area contributed by atoms with Crippen LogP contribution in [0.4, 0.5) is 0 Å². The highest BCUT2D eigenvalue weighted by molar-refractivity contribution is 7.80. The van der Waals surface area contributed by atoms with Crippen LogP contribution < -0.4 is 5.73 Å². The van der Waals surface area contributed by atoms with Crippen LogP contribution in [0.2, 0.25) is 5.15 Å². The standard InChI is InChI=1S/C9H13ClN2S/c10-9-2-1-7(6-12-9)5-8(13)3-4-11/h1-2,6,8,13H,3-5,11H2. The first-order valence-electron chi connectivity index (χ1n) is 4.21. The van der Waals surface area contributed by atoms with Crippen LogP contribution in [0.15, 0.2) is 18.3 Å². The zero-order chi connectivity index (χ0) is 9.68. The number of hydrogen-bond acceptors (Lipinski definition) is 3. The molecule has 72 valence electrons. The number of aromatic nitrogens is 1. The van der Waals surface area contributed by atoms with Crippen LogP contribution in [0.1, 0.15) is 12.0 Å². The second kappa shape index (κ2) is 5.47. The van der Waals surface area contributed by atoms with Crippen LogP contribution in [-0.2, 0) is 6.42 Å². The van der Waals surface area contributed by atoms with Gasteiger partial charge in [-0.1, -0.05) is 17.7 Å². The Kier molecular flexibility index (Phi) is 4.56. The topological polar surface area (TPSA) is 38.9 Å². The van der Waals surface area contributed by atoms with Crippen molar-refractivity contribution in [2.45, 2.75) is 18.1 Å². The van der Waals surface area contributed by atoms with E-state index in [1.165, 1.54) is 0 Å². The van der Waals surface area contributed by atoms with E-state index >= 15 is 0 Å². The molecule has 2 N–H and O–H groups in total.